The lowest BCUT2D eigenvalue weighted by atomic mass is 10.1. The van der Waals surface area contributed by atoms with E-state index in [1.54, 1.807) is 0 Å². The molecule has 0 amide bonds. The maximum atomic E-state index is 15.3. The number of aliphatic hydroxyl groups excluding tert-OH is 1. The zero-order valence-corrected chi connectivity index (χ0v) is 13.3. The Kier molecular flexibility index (Phi) is 4.13. The summed E-state index contributed by atoms with van der Waals surface area (Å²) in [5.41, 5.74) is 5.91. The van der Waals surface area contributed by atoms with Crippen molar-refractivity contribution in [2.75, 3.05) is 18.9 Å². The van der Waals surface area contributed by atoms with Crippen LogP contribution in [0, 0.1) is 0 Å². The quantitative estimate of drug-likeness (QED) is 0.535. The summed E-state index contributed by atoms with van der Waals surface area (Å²) in [4.78, 5) is 25.9. The molecule has 12 heteroatoms. The van der Waals surface area contributed by atoms with Crippen LogP contribution in [0.2, 0.25) is 0 Å². The van der Waals surface area contributed by atoms with Crippen LogP contribution in [0.3, 0.4) is 0 Å². The highest BCUT2D eigenvalue weighted by molar-refractivity contribution is 8.06. The lowest BCUT2D eigenvalue weighted by Crippen LogP contribution is -2.43. The van der Waals surface area contributed by atoms with E-state index in [4.69, 9.17) is 20.3 Å². The second-order valence-corrected chi connectivity index (χ2v) is 7.75. The Morgan fingerprint density at radius 3 is 3.00 bits per heavy atom. The van der Waals surface area contributed by atoms with Gasteiger partial charge in [-0.05, 0) is 17.9 Å². The number of nitrogens with two attached hydrogens (primary N) is 1. The summed E-state index contributed by atoms with van der Waals surface area (Å²) in [5, 5.41) is 10.7. The number of aromatic nitrogens is 3. The van der Waals surface area contributed by atoms with Crippen LogP contribution in [0.5, 0.6) is 0 Å². The minimum absolute atomic E-state index is 0.187. The van der Waals surface area contributed by atoms with Crippen LogP contribution >= 0.6 is 6.72 Å². The molecule has 0 unspecified atom stereocenters. The van der Waals surface area contributed by atoms with Crippen LogP contribution in [0.15, 0.2) is 18.6 Å². The average Bonchev–Trinajstić information content (AvgIpc) is 3.01. The van der Waals surface area contributed by atoms with Gasteiger partial charge in [0.15, 0.2) is 0 Å². The Labute approximate surface area is 134 Å². The summed E-state index contributed by atoms with van der Waals surface area (Å²) >= 11 is 4.31. The van der Waals surface area contributed by atoms with Gasteiger partial charge in [0, 0.05) is 6.20 Å². The van der Waals surface area contributed by atoms with Gasteiger partial charge in [-0.25, -0.2) is 14.4 Å². The summed E-state index contributed by atoms with van der Waals surface area (Å²) in [6, 6.07) is 1.53. The van der Waals surface area contributed by atoms with E-state index < -0.39 is 37.9 Å². The van der Waals surface area contributed by atoms with Crippen molar-refractivity contribution in [2.24, 2.45) is 0 Å². The van der Waals surface area contributed by atoms with E-state index >= 15 is 4.39 Å². The van der Waals surface area contributed by atoms with Gasteiger partial charge in [0.05, 0.1) is 12.0 Å². The predicted octanol–water partition coefficient (Wildman–Crippen LogP) is -0.379. The fourth-order valence-corrected chi connectivity index (χ4v) is 3.00. The van der Waals surface area contributed by atoms with Crippen molar-refractivity contribution in [1.29, 1.82) is 0 Å². The number of alkyl halides is 1. The van der Waals surface area contributed by atoms with E-state index in [2.05, 4.69) is 26.3 Å². The van der Waals surface area contributed by atoms with Gasteiger partial charge < -0.3 is 29.9 Å². The number of rotatable bonds is 4. The molecule has 1 saturated heterocycles. The van der Waals surface area contributed by atoms with Gasteiger partial charge >= 0.3 is 6.72 Å². The van der Waals surface area contributed by atoms with Crippen LogP contribution in [0.25, 0.3) is 11.0 Å². The van der Waals surface area contributed by atoms with Crippen LogP contribution < -0.4 is 5.73 Å². The summed E-state index contributed by atoms with van der Waals surface area (Å²) in [7, 11) is 0. The highest BCUT2D eigenvalue weighted by atomic mass is 32.5. The fourth-order valence-electron chi connectivity index (χ4n) is 2.48. The average molecular weight is 364 g/mol. The maximum absolute atomic E-state index is 15.3. The highest BCUT2D eigenvalue weighted by Gasteiger charge is 2.52. The first kappa shape index (κ1) is 16.7. The number of hydrogen-bond donors (Lipinski definition) is 4. The molecule has 126 valence electrons. The second kappa shape index (κ2) is 5.71. The number of aliphatic hydroxyl groups is 1. The van der Waals surface area contributed by atoms with Crippen LogP contribution in [-0.2, 0) is 26.9 Å². The number of nitrogen functional groups attached to an aromatic ring is 1. The minimum atomic E-state index is -3.92. The molecule has 0 saturated carbocycles. The standard InChI is InChI=1S/C11H14FN4O5PS/c12-11(4-20-7(8(11)17)3-21-22(18,19)23)16-2-1-6-9(13)14-5-15-10(6)16/h1-2,5,7-8,17H,3-4H2,(H2,13,14,15)(H2,18,19,23)/t7-,8-,11-/m1/s1. The van der Waals surface area contributed by atoms with Gasteiger partial charge in [-0.15, -0.1) is 0 Å². The van der Waals surface area contributed by atoms with Crippen molar-refractivity contribution in [3.8, 4) is 0 Å². The largest absolute Gasteiger partial charge is 0.385 e. The first-order chi connectivity index (χ1) is 10.7. The van der Waals surface area contributed by atoms with Crippen LogP contribution in [0.4, 0.5) is 10.2 Å². The molecule has 0 aromatic carbocycles. The second-order valence-electron chi connectivity index (χ2n) is 5.08. The Bertz CT molecular complexity index is 785. The molecule has 9 nitrogen and oxygen atoms in total. The molecule has 0 aliphatic carbocycles. The molecule has 3 heterocycles. The van der Waals surface area contributed by atoms with E-state index in [1.165, 1.54) is 18.6 Å². The van der Waals surface area contributed by atoms with Crippen molar-refractivity contribution >= 4 is 35.4 Å². The third-order valence-electron chi connectivity index (χ3n) is 3.62. The summed E-state index contributed by atoms with van der Waals surface area (Å²) in [5.74, 6) is -2.13. The molecule has 5 N–H and O–H groups in total. The topological polar surface area (TPSA) is 136 Å². The molecule has 2 aromatic heterocycles. The van der Waals surface area contributed by atoms with E-state index in [0.29, 0.717) is 5.39 Å². The molecule has 3 atom stereocenters. The molecule has 1 fully saturated rings. The lowest BCUT2D eigenvalue weighted by molar-refractivity contribution is -0.0446. The van der Waals surface area contributed by atoms with Gasteiger partial charge in [0.1, 0.15) is 36.6 Å². The van der Waals surface area contributed by atoms with Crippen molar-refractivity contribution in [2.45, 2.75) is 18.0 Å². The zero-order valence-electron chi connectivity index (χ0n) is 11.6. The summed E-state index contributed by atoms with van der Waals surface area (Å²) in [6.07, 6.45) is -0.170. The van der Waals surface area contributed by atoms with Crippen LogP contribution in [-0.4, -0.2) is 54.9 Å². The monoisotopic (exact) mass is 364 g/mol. The first-order valence-electron chi connectivity index (χ1n) is 6.49. The molecule has 0 radical (unpaired) electrons. The highest BCUT2D eigenvalue weighted by Crippen LogP contribution is 2.40. The Morgan fingerprint density at radius 1 is 1.57 bits per heavy atom. The van der Waals surface area contributed by atoms with Gasteiger partial charge in [0.25, 0.3) is 0 Å². The molecule has 23 heavy (non-hydrogen) atoms. The number of nitrogens with zero attached hydrogens (tertiary/aromatic N) is 3. The van der Waals surface area contributed by atoms with Crippen LogP contribution in [0.1, 0.15) is 0 Å². The zero-order chi connectivity index (χ0) is 16.8. The predicted molar refractivity (Wildman–Crippen MR) is 81.4 cm³/mol. The fraction of sp³-hybridized carbons (Fsp3) is 0.455. The first-order valence-corrected chi connectivity index (χ1v) is 9.11. The Balaban J connectivity index is 1.90. The molecule has 0 bridgehead atoms. The van der Waals surface area contributed by atoms with Gasteiger partial charge in [0.2, 0.25) is 5.79 Å². The third-order valence-corrected chi connectivity index (χ3v) is 4.43. The molecule has 1 aliphatic rings. The number of fused-ring (bicyclic) bond motifs is 1. The number of ether oxygens (including phenoxy) is 1. The maximum Gasteiger partial charge on any atom is 0.321 e. The molecule has 1 aliphatic heterocycles. The Hall–Kier alpha value is -1.20. The SMILES string of the molecule is Nc1ncnc2c1ccn2[C@]1(F)CO[C@H](COP(O)(O)=S)[C@H]1O. The number of anilines is 1. The van der Waals surface area contributed by atoms with Gasteiger partial charge in [-0.1, -0.05) is 0 Å². The van der Waals surface area contributed by atoms with E-state index in [9.17, 15) is 5.11 Å². The van der Waals surface area contributed by atoms with Gasteiger partial charge in [-0.2, -0.15) is 0 Å². The van der Waals surface area contributed by atoms with E-state index in [-0.39, 0.29) is 11.5 Å². The molecule has 3 rings (SSSR count). The van der Waals surface area contributed by atoms with Crippen molar-refractivity contribution in [3.63, 3.8) is 0 Å². The number of hydrogen-bond acceptors (Lipinski definition) is 7. The van der Waals surface area contributed by atoms with E-state index in [0.717, 1.165) is 4.57 Å². The normalized spacial score (nSPS) is 28.5. The smallest absolute Gasteiger partial charge is 0.321 e. The molecular weight excluding hydrogens is 350 g/mol. The number of halogens is 1. The Morgan fingerprint density at radius 2 is 2.30 bits per heavy atom. The summed E-state index contributed by atoms with van der Waals surface area (Å²) in [6.45, 7) is -4.84. The minimum Gasteiger partial charge on any atom is -0.385 e. The molecule has 2 aromatic rings. The van der Waals surface area contributed by atoms with Crippen molar-refractivity contribution in [3.05, 3.63) is 18.6 Å². The van der Waals surface area contributed by atoms with Gasteiger partial charge in [-0.3, -0.25) is 4.57 Å². The third kappa shape index (κ3) is 2.96. The molecular formula is C11H14FN4O5PS. The summed E-state index contributed by atoms with van der Waals surface area (Å²) < 4.78 is 26.2. The lowest BCUT2D eigenvalue weighted by Gasteiger charge is -2.26. The van der Waals surface area contributed by atoms with E-state index in [1.807, 2.05) is 0 Å². The van der Waals surface area contributed by atoms with Crippen molar-refractivity contribution < 1.29 is 28.5 Å². The molecule has 0 spiro atoms. The van der Waals surface area contributed by atoms with Crippen molar-refractivity contribution in [1.82, 2.24) is 14.5 Å².